The van der Waals surface area contributed by atoms with E-state index in [0.29, 0.717) is 39.7 Å². The number of rotatable bonds is 7. The second kappa shape index (κ2) is 11.4. The average Bonchev–Trinajstić information content (AvgIpc) is 2.95. The molecule has 0 aromatic carbocycles. The van der Waals surface area contributed by atoms with Gasteiger partial charge in [0, 0.05) is 72.5 Å². The maximum Gasteiger partial charge on any atom is 0.273 e. The molecule has 0 bridgehead atoms. The Morgan fingerprint density at radius 3 is 2.51 bits per heavy atom. The van der Waals surface area contributed by atoms with E-state index in [2.05, 4.69) is 35.6 Å². The molecule has 5 heterocycles. The minimum atomic E-state index is -0.839. The lowest BCUT2D eigenvalue weighted by Crippen LogP contribution is -2.25. The summed E-state index contributed by atoms with van der Waals surface area (Å²) in [7, 11) is 1.65. The maximum absolute atomic E-state index is 15.0. The largest absolute Gasteiger partial charge is 0.346 e. The molecule has 5 aromatic rings. The van der Waals surface area contributed by atoms with Crippen molar-refractivity contribution in [2.75, 3.05) is 5.32 Å². The second-order valence-corrected chi connectivity index (χ2v) is 9.28. The number of carbonyl (C=O) groups is 1. The molecule has 0 spiro atoms. The Morgan fingerprint density at radius 1 is 0.951 bits per heavy atom. The van der Waals surface area contributed by atoms with Crippen molar-refractivity contribution in [3.8, 4) is 22.6 Å². The van der Waals surface area contributed by atoms with Crippen LogP contribution >= 0.6 is 0 Å². The van der Waals surface area contributed by atoms with Crippen molar-refractivity contribution in [2.45, 2.75) is 20.4 Å². The summed E-state index contributed by atoms with van der Waals surface area (Å²) >= 11 is 0. The van der Waals surface area contributed by atoms with E-state index in [4.69, 9.17) is 0 Å². The molecule has 0 atom stereocenters. The van der Waals surface area contributed by atoms with E-state index in [1.807, 2.05) is 0 Å². The summed E-state index contributed by atoms with van der Waals surface area (Å²) in [6, 6.07) is 10.8. The van der Waals surface area contributed by atoms with Crippen LogP contribution in [0.15, 0.2) is 72.0 Å². The third-order valence-corrected chi connectivity index (χ3v) is 6.15. The van der Waals surface area contributed by atoms with Gasteiger partial charge in [0.2, 0.25) is 0 Å². The molecular weight excluding hydrogens is 530 g/mol. The quantitative estimate of drug-likeness (QED) is 0.306. The van der Waals surface area contributed by atoms with Crippen molar-refractivity contribution >= 4 is 17.4 Å². The van der Waals surface area contributed by atoms with Crippen molar-refractivity contribution in [3.05, 3.63) is 112 Å². The molecule has 0 radical (unpaired) electrons. The van der Waals surface area contributed by atoms with Crippen molar-refractivity contribution < 1.29 is 13.6 Å². The Bertz CT molecular complexity index is 1820. The van der Waals surface area contributed by atoms with Crippen LogP contribution in [0.3, 0.4) is 0 Å². The van der Waals surface area contributed by atoms with Crippen LogP contribution in [0.2, 0.25) is 0 Å². The van der Waals surface area contributed by atoms with Gasteiger partial charge in [-0.3, -0.25) is 19.6 Å². The van der Waals surface area contributed by atoms with E-state index in [9.17, 15) is 18.4 Å². The van der Waals surface area contributed by atoms with Crippen molar-refractivity contribution in [2.24, 2.45) is 7.05 Å². The number of halogens is 2. The molecular formula is C29H24F2N8O2. The zero-order valence-electron chi connectivity index (χ0n) is 22.3. The molecule has 0 aliphatic rings. The van der Waals surface area contributed by atoms with Crippen LogP contribution in [0.1, 0.15) is 27.4 Å². The number of nitrogens with one attached hydrogen (secondary N) is 2. The zero-order chi connectivity index (χ0) is 29.1. The fraction of sp³-hybridized carbons (Fsp3) is 0.138. The van der Waals surface area contributed by atoms with Gasteiger partial charge in [0.05, 0.1) is 11.9 Å². The standard InChI is InChI=1S/C29H24F2N8O2/c1-16-8-25(37-21-6-7-39(3)26(40)11-21)38-28(36-16)19-9-23(31)27(34-14-19)29(41)35-13-18-4-5-24(33-12-18)22-10-20(30)15-32-17(22)2/h4-12,14-15H,13H2,1-3H3,(H,35,41)(H,36,37,38). The molecule has 0 aliphatic heterocycles. The summed E-state index contributed by atoms with van der Waals surface area (Å²) in [4.78, 5) is 45.7. The number of pyridine rings is 4. The molecule has 206 valence electrons. The summed E-state index contributed by atoms with van der Waals surface area (Å²) in [6.07, 6.45) is 5.63. The van der Waals surface area contributed by atoms with Gasteiger partial charge in [0.15, 0.2) is 17.3 Å². The lowest BCUT2D eigenvalue weighted by atomic mass is 10.1. The zero-order valence-corrected chi connectivity index (χ0v) is 22.3. The highest BCUT2D eigenvalue weighted by atomic mass is 19.1. The van der Waals surface area contributed by atoms with Gasteiger partial charge in [-0.05, 0) is 43.7 Å². The molecule has 10 nitrogen and oxygen atoms in total. The molecule has 0 unspecified atom stereocenters. The molecule has 1 amide bonds. The van der Waals surface area contributed by atoms with Crippen LogP contribution in [-0.2, 0) is 13.6 Å². The minimum absolute atomic E-state index is 0.0774. The Morgan fingerprint density at radius 2 is 1.78 bits per heavy atom. The fourth-order valence-corrected chi connectivity index (χ4v) is 3.98. The monoisotopic (exact) mass is 554 g/mol. The number of aromatic nitrogens is 6. The van der Waals surface area contributed by atoms with Crippen LogP contribution < -0.4 is 16.2 Å². The number of carbonyl (C=O) groups excluding carboxylic acids is 1. The molecule has 5 rings (SSSR count). The second-order valence-electron chi connectivity index (χ2n) is 9.28. The van der Waals surface area contributed by atoms with Gasteiger partial charge in [0.25, 0.3) is 11.5 Å². The summed E-state index contributed by atoms with van der Waals surface area (Å²) in [5, 5.41) is 5.68. The van der Waals surface area contributed by atoms with Crippen molar-refractivity contribution in [1.29, 1.82) is 0 Å². The number of nitrogens with zero attached hydrogens (tertiary/aromatic N) is 6. The van der Waals surface area contributed by atoms with E-state index in [1.165, 1.54) is 22.9 Å². The molecule has 2 N–H and O–H groups in total. The number of amides is 1. The van der Waals surface area contributed by atoms with E-state index < -0.39 is 17.5 Å². The van der Waals surface area contributed by atoms with E-state index >= 15 is 0 Å². The van der Waals surface area contributed by atoms with Crippen LogP contribution in [0.25, 0.3) is 22.6 Å². The van der Waals surface area contributed by atoms with Crippen molar-refractivity contribution in [1.82, 2.24) is 34.8 Å². The Hall–Kier alpha value is -5.39. The van der Waals surface area contributed by atoms with Gasteiger partial charge in [-0.1, -0.05) is 6.07 Å². The van der Waals surface area contributed by atoms with Gasteiger partial charge in [-0.2, -0.15) is 0 Å². The number of hydrogen-bond acceptors (Lipinski definition) is 8. The summed E-state index contributed by atoms with van der Waals surface area (Å²) < 4.78 is 30.0. The minimum Gasteiger partial charge on any atom is -0.346 e. The Kier molecular flexibility index (Phi) is 7.55. The van der Waals surface area contributed by atoms with Gasteiger partial charge in [0.1, 0.15) is 11.6 Å². The molecule has 41 heavy (non-hydrogen) atoms. The lowest BCUT2D eigenvalue weighted by Gasteiger charge is -2.10. The first kappa shape index (κ1) is 27.2. The normalized spacial score (nSPS) is 10.9. The molecule has 5 aromatic heterocycles. The van der Waals surface area contributed by atoms with Crippen molar-refractivity contribution in [3.63, 3.8) is 0 Å². The first-order valence-electron chi connectivity index (χ1n) is 12.5. The highest BCUT2D eigenvalue weighted by Gasteiger charge is 2.16. The molecule has 12 heteroatoms. The van der Waals surface area contributed by atoms with Crippen LogP contribution in [-0.4, -0.2) is 35.4 Å². The molecule has 0 saturated heterocycles. The summed E-state index contributed by atoms with van der Waals surface area (Å²) in [5.74, 6) is -1.40. The first-order valence-corrected chi connectivity index (χ1v) is 12.5. The third-order valence-electron chi connectivity index (χ3n) is 6.15. The first-order chi connectivity index (χ1) is 19.7. The maximum atomic E-state index is 15.0. The van der Waals surface area contributed by atoms with E-state index in [0.717, 1.165) is 12.3 Å². The SMILES string of the molecule is Cc1cc(Nc2ccn(C)c(=O)c2)nc(-c2cnc(C(=O)NCc3ccc(-c4cc(F)cnc4C)nc3)c(F)c2)n1. The highest BCUT2D eigenvalue weighted by Crippen LogP contribution is 2.22. The average molecular weight is 555 g/mol. The van der Waals surface area contributed by atoms with Crippen LogP contribution in [0.5, 0.6) is 0 Å². The molecule has 0 fully saturated rings. The van der Waals surface area contributed by atoms with Gasteiger partial charge in [-0.15, -0.1) is 0 Å². The Balaban J connectivity index is 1.27. The fourth-order valence-electron chi connectivity index (χ4n) is 3.98. The lowest BCUT2D eigenvalue weighted by molar-refractivity contribution is 0.0941. The predicted molar refractivity (Wildman–Crippen MR) is 148 cm³/mol. The van der Waals surface area contributed by atoms with Gasteiger partial charge >= 0.3 is 0 Å². The van der Waals surface area contributed by atoms with Crippen LogP contribution in [0, 0.1) is 25.5 Å². The number of anilines is 2. The van der Waals surface area contributed by atoms with E-state index in [-0.39, 0.29) is 29.2 Å². The summed E-state index contributed by atoms with van der Waals surface area (Å²) in [5.41, 5.74) is 3.25. The van der Waals surface area contributed by atoms with Gasteiger partial charge < -0.3 is 15.2 Å². The Labute approximate surface area is 233 Å². The van der Waals surface area contributed by atoms with Crippen LogP contribution in [0.4, 0.5) is 20.3 Å². The van der Waals surface area contributed by atoms with Gasteiger partial charge in [-0.25, -0.2) is 23.7 Å². The highest BCUT2D eigenvalue weighted by molar-refractivity contribution is 5.92. The smallest absolute Gasteiger partial charge is 0.273 e. The number of hydrogen-bond donors (Lipinski definition) is 2. The topological polar surface area (TPSA) is 128 Å². The number of aryl methyl sites for hydroxylation is 3. The molecule has 0 saturated carbocycles. The van der Waals surface area contributed by atoms with E-state index in [1.54, 1.807) is 57.6 Å². The molecule has 0 aliphatic carbocycles. The third kappa shape index (κ3) is 6.27. The predicted octanol–water partition coefficient (Wildman–Crippen LogP) is 4.26. The summed E-state index contributed by atoms with van der Waals surface area (Å²) in [6.45, 7) is 3.59.